The van der Waals surface area contributed by atoms with Crippen LogP contribution in [-0.2, 0) is 13.1 Å². The summed E-state index contributed by atoms with van der Waals surface area (Å²) in [6.07, 6.45) is 0. The predicted octanol–water partition coefficient (Wildman–Crippen LogP) is 1.78. The van der Waals surface area contributed by atoms with Gasteiger partial charge in [-0.05, 0) is 13.1 Å². The normalized spacial score (nSPS) is 16.1. The minimum absolute atomic E-state index is 0.465. The van der Waals surface area contributed by atoms with Gasteiger partial charge in [0.2, 0.25) is 0 Å². The highest BCUT2D eigenvalue weighted by Crippen LogP contribution is 2.29. The molecule has 1 aliphatic rings. The van der Waals surface area contributed by atoms with Crippen LogP contribution in [0, 0.1) is 0 Å². The van der Waals surface area contributed by atoms with E-state index < -0.39 is 5.97 Å². The lowest BCUT2D eigenvalue weighted by molar-refractivity contribution is 0.0695. The first-order valence-electron chi connectivity index (χ1n) is 5.70. The van der Waals surface area contributed by atoms with Crippen LogP contribution in [-0.4, -0.2) is 34.1 Å². The Morgan fingerprint density at radius 2 is 2.06 bits per heavy atom. The van der Waals surface area contributed by atoms with Crippen molar-refractivity contribution in [3.05, 3.63) is 35.5 Å². The van der Waals surface area contributed by atoms with Crippen molar-refractivity contribution in [2.75, 3.05) is 13.6 Å². The Morgan fingerprint density at radius 1 is 1.29 bits per heavy atom. The number of nitrogens with zero attached hydrogens (tertiary/aromatic N) is 2. The first kappa shape index (κ1) is 10.4. The number of fused-ring (bicyclic) bond motifs is 3. The topological polar surface area (TPSA) is 45.5 Å². The van der Waals surface area contributed by atoms with Crippen molar-refractivity contribution in [3.63, 3.8) is 0 Å². The molecule has 2 aromatic rings. The summed E-state index contributed by atoms with van der Waals surface area (Å²) in [7, 11) is 2.02. The van der Waals surface area contributed by atoms with Crippen LogP contribution in [0.1, 0.15) is 16.1 Å². The Kier molecular flexibility index (Phi) is 2.19. The molecule has 0 radical (unpaired) electrons. The zero-order chi connectivity index (χ0) is 12.0. The van der Waals surface area contributed by atoms with E-state index >= 15 is 0 Å². The molecule has 0 saturated heterocycles. The van der Waals surface area contributed by atoms with Crippen molar-refractivity contribution in [1.82, 2.24) is 9.47 Å². The van der Waals surface area contributed by atoms with Gasteiger partial charge in [-0.2, -0.15) is 0 Å². The van der Waals surface area contributed by atoms with E-state index in [0.29, 0.717) is 12.1 Å². The summed E-state index contributed by atoms with van der Waals surface area (Å²) >= 11 is 0. The van der Waals surface area contributed by atoms with E-state index in [2.05, 4.69) is 9.47 Å². The molecule has 1 aromatic carbocycles. The fourth-order valence-corrected chi connectivity index (χ4v) is 2.62. The Labute approximate surface area is 99.1 Å². The van der Waals surface area contributed by atoms with Crippen LogP contribution in [0.15, 0.2) is 24.3 Å². The second kappa shape index (κ2) is 3.60. The molecule has 2 heterocycles. The molecule has 0 fully saturated rings. The molecule has 17 heavy (non-hydrogen) atoms. The van der Waals surface area contributed by atoms with Gasteiger partial charge in [-0.15, -0.1) is 0 Å². The van der Waals surface area contributed by atoms with Crippen LogP contribution >= 0.6 is 0 Å². The number of aromatic nitrogens is 1. The molecule has 1 N–H and O–H groups in total. The Bertz CT molecular complexity index is 601. The molecule has 3 rings (SSSR count). The van der Waals surface area contributed by atoms with Gasteiger partial charge >= 0.3 is 5.97 Å². The van der Waals surface area contributed by atoms with Crippen LogP contribution < -0.4 is 0 Å². The van der Waals surface area contributed by atoms with Crippen LogP contribution in [0.5, 0.6) is 0 Å². The van der Waals surface area contributed by atoms with Gasteiger partial charge in [0.15, 0.2) is 0 Å². The molecule has 1 aliphatic heterocycles. The number of carbonyl (C=O) groups is 1. The summed E-state index contributed by atoms with van der Waals surface area (Å²) in [6.45, 7) is 2.53. The first-order chi connectivity index (χ1) is 8.18. The zero-order valence-electron chi connectivity index (χ0n) is 9.68. The van der Waals surface area contributed by atoms with Gasteiger partial charge in [0.1, 0.15) is 0 Å². The molecular formula is C13H14N2O2. The van der Waals surface area contributed by atoms with Gasteiger partial charge in [-0.3, -0.25) is 4.90 Å². The van der Waals surface area contributed by atoms with E-state index in [9.17, 15) is 9.90 Å². The quantitative estimate of drug-likeness (QED) is 0.812. The second-order valence-corrected chi connectivity index (χ2v) is 4.53. The maximum atomic E-state index is 11.4. The van der Waals surface area contributed by atoms with Gasteiger partial charge in [0.05, 0.1) is 5.56 Å². The number of carboxylic acid groups (broad SMARTS) is 1. The van der Waals surface area contributed by atoms with Gasteiger partial charge < -0.3 is 9.67 Å². The van der Waals surface area contributed by atoms with E-state index in [1.54, 1.807) is 0 Å². The molecule has 0 bridgehead atoms. The average Bonchev–Trinajstić information content (AvgIpc) is 2.62. The van der Waals surface area contributed by atoms with Crippen molar-refractivity contribution in [2.45, 2.75) is 13.1 Å². The molecule has 0 spiro atoms. The lowest BCUT2D eigenvalue weighted by Gasteiger charge is -2.25. The highest BCUT2D eigenvalue weighted by molar-refractivity contribution is 6.05. The number of likely N-dealkylation sites (N-methyl/N-ethyl adjacent to an activating group) is 1. The summed E-state index contributed by atoms with van der Waals surface area (Å²) in [6, 6.07) is 7.74. The summed E-state index contributed by atoms with van der Waals surface area (Å²) < 4.78 is 2.14. The lowest BCUT2D eigenvalue weighted by atomic mass is 10.1. The number of hydrogen-bond acceptors (Lipinski definition) is 2. The summed E-state index contributed by atoms with van der Waals surface area (Å²) in [5.74, 6) is -0.828. The van der Waals surface area contributed by atoms with Gasteiger partial charge in [-0.1, -0.05) is 18.2 Å². The fraction of sp³-hybridized carbons (Fsp3) is 0.308. The number of rotatable bonds is 1. The molecule has 4 heteroatoms. The molecule has 88 valence electrons. The number of aromatic carboxylic acids is 1. The molecule has 0 atom stereocenters. The fourth-order valence-electron chi connectivity index (χ4n) is 2.62. The van der Waals surface area contributed by atoms with E-state index in [0.717, 1.165) is 29.7 Å². The zero-order valence-corrected chi connectivity index (χ0v) is 9.68. The summed E-state index contributed by atoms with van der Waals surface area (Å²) in [4.78, 5) is 13.6. The molecule has 1 aromatic heterocycles. The largest absolute Gasteiger partial charge is 0.478 e. The monoisotopic (exact) mass is 230 g/mol. The number of hydrogen-bond donors (Lipinski definition) is 1. The SMILES string of the molecule is CN1CCn2c(c(C(=O)O)c3ccccc32)C1. The molecule has 0 saturated carbocycles. The van der Waals surface area contributed by atoms with Gasteiger partial charge in [0.25, 0.3) is 0 Å². The Morgan fingerprint density at radius 3 is 2.82 bits per heavy atom. The minimum Gasteiger partial charge on any atom is -0.478 e. The average molecular weight is 230 g/mol. The Balaban J connectivity index is 2.36. The lowest BCUT2D eigenvalue weighted by Crippen LogP contribution is -2.30. The molecule has 0 aliphatic carbocycles. The smallest absolute Gasteiger partial charge is 0.338 e. The van der Waals surface area contributed by atoms with Crippen molar-refractivity contribution in [2.24, 2.45) is 0 Å². The predicted molar refractivity (Wildman–Crippen MR) is 65.2 cm³/mol. The number of para-hydroxylation sites is 1. The minimum atomic E-state index is -0.828. The van der Waals surface area contributed by atoms with Crippen molar-refractivity contribution < 1.29 is 9.90 Å². The molecule has 0 unspecified atom stereocenters. The van der Waals surface area contributed by atoms with Crippen LogP contribution in [0.3, 0.4) is 0 Å². The van der Waals surface area contributed by atoms with E-state index in [1.807, 2.05) is 31.3 Å². The molecular weight excluding hydrogens is 216 g/mol. The second-order valence-electron chi connectivity index (χ2n) is 4.53. The maximum absolute atomic E-state index is 11.4. The van der Waals surface area contributed by atoms with E-state index in [4.69, 9.17) is 0 Å². The molecule has 0 amide bonds. The van der Waals surface area contributed by atoms with E-state index in [1.165, 1.54) is 0 Å². The van der Waals surface area contributed by atoms with Gasteiger partial charge in [-0.25, -0.2) is 4.79 Å². The maximum Gasteiger partial charge on any atom is 0.338 e. The van der Waals surface area contributed by atoms with Crippen LogP contribution in [0.2, 0.25) is 0 Å². The van der Waals surface area contributed by atoms with Crippen LogP contribution in [0.25, 0.3) is 10.9 Å². The van der Waals surface area contributed by atoms with E-state index in [-0.39, 0.29) is 0 Å². The van der Waals surface area contributed by atoms with Crippen molar-refractivity contribution in [3.8, 4) is 0 Å². The number of carboxylic acids is 1. The third-order valence-corrected chi connectivity index (χ3v) is 3.42. The Hall–Kier alpha value is -1.81. The van der Waals surface area contributed by atoms with Gasteiger partial charge in [0, 0.05) is 36.2 Å². The third-order valence-electron chi connectivity index (χ3n) is 3.42. The highest BCUT2D eigenvalue weighted by Gasteiger charge is 2.25. The highest BCUT2D eigenvalue weighted by atomic mass is 16.4. The molecule has 4 nitrogen and oxygen atoms in total. The van der Waals surface area contributed by atoms with Crippen molar-refractivity contribution in [1.29, 1.82) is 0 Å². The number of benzene rings is 1. The van der Waals surface area contributed by atoms with Crippen molar-refractivity contribution >= 4 is 16.9 Å². The first-order valence-corrected chi connectivity index (χ1v) is 5.70. The third kappa shape index (κ3) is 1.45. The van der Waals surface area contributed by atoms with Crippen LogP contribution in [0.4, 0.5) is 0 Å². The summed E-state index contributed by atoms with van der Waals surface area (Å²) in [5, 5.41) is 10.2. The summed E-state index contributed by atoms with van der Waals surface area (Å²) in [5.41, 5.74) is 2.42. The standard InChI is InChI=1S/C13H14N2O2/c1-14-6-7-15-10-5-3-2-4-9(10)12(13(16)17)11(15)8-14/h2-5H,6-8H2,1H3,(H,16,17).